The molecule has 1 atom stereocenters. The van der Waals surface area contributed by atoms with Gasteiger partial charge in [0.1, 0.15) is 11.2 Å². The molecule has 31 heavy (non-hydrogen) atoms. The van der Waals surface area contributed by atoms with E-state index in [9.17, 15) is 0 Å². The Bertz CT molecular complexity index is 1360. The summed E-state index contributed by atoms with van der Waals surface area (Å²) in [5.41, 5.74) is 1.64. The molecule has 4 aromatic carbocycles. The largest absolute Gasteiger partial charge is 0.399 e. The van der Waals surface area contributed by atoms with Gasteiger partial charge in [-0.25, -0.2) is 0 Å². The fraction of sp³-hybridized carbons (Fsp3) is 0.231. The molecule has 0 spiro atoms. The van der Waals surface area contributed by atoms with E-state index in [1.54, 1.807) is 0 Å². The molecule has 2 heterocycles. The Morgan fingerprint density at radius 2 is 1.42 bits per heavy atom. The lowest BCUT2D eigenvalue weighted by molar-refractivity contribution is 0.227. The van der Waals surface area contributed by atoms with E-state index in [4.69, 9.17) is 12.9 Å². The molecule has 0 radical (unpaired) electrons. The molecule has 0 aliphatic carbocycles. The third-order valence-corrected chi connectivity index (χ3v) is 7.47. The monoisotopic (exact) mass is 429 g/mol. The van der Waals surface area contributed by atoms with Gasteiger partial charge in [0.2, 0.25) is 0 Å². The maximum Gasteiger partial charge on any atom is 0.387 e. The molecule has 156 valence electrons. The number of likely N-dealkylation sites (tertiary alicyclic amines) is 1. The van der Waals surface area contributed by atoms with Crippen LogP contribution in [0.15, 0.2) is 81.2 Å². The van der Waals surface area contributed by atoms with E-state index in [-0.39, 0.29) is 0 Å². The third kappa shape index (κ3) is 3.32. The highest BCUT2D eigenvalue weighted by Crippen LogP contribution is 2.40. The minimum atomic E-state index is -1.54. The standard InChI is InChI=1S/C26H24NO3P/c1-27-16-6-9-20(27)17-28-31-29-23-14-12-18-7-2-4-10-21(18)25(23)26-22-11-5-3-8-19(22)13-15-24(26)30-31/h2-5,7-8,10-15,20H,6,9,16-17H2,1H3/t20-/m0/s1. The number of benzene rings is 4. The highest BCUT2D eigenvalue weighted by Gasteiger charge is 2.22. The molecule has 6 rings (SSSR count). The fourth-order valence-corrected chi connectivity index (χ4v) is 5.80. The van der Waals surface area contributed by atoms with Crippen LogP contribution in [0.25, 0.3) is 43.5 Å². The van der Waals surface area contributed by atoms with E-state index >= 15 is 0 Å². The lowest BCUT2D eigenvalue weighted by atomic mass is 9.99. The Balaban J connectivity index is 1.66. The van der Waals surface area contributed by atoms with E-state index in [2.05, 4.69) is 84.7 Å². The highest BCUT2D eigenvalue weighted by atomic mass is 31.1. The number of hydrogen-bond donors (Lipinski definition) is 0. The summed E-state index contributed by atoms with van der Waals surface area (Å²) >= 11 is 0. The van der Waals surface area contributed by atoms with Gasteiger partial charge in [0.05, 0.1) is 6.61 Å². The first-order valence-electron chi connectivity index (χ1n) is 10.8. The number of nitrogens with zero attached hydrogens (tertiary/aromatic N) is 1. The van der Waals surface area contributed by atoms with E-state index in [1.807, 2.05) is 0 Å². The van der Waals surface area contributed by atoms with Crippen LogP contribution in [0.3, 0.4) is 0 Å². The fourth-order valence-electron chi connectivity index (χ4n) is 4.74. The molecular formula is C26H24NO3P. The first-order chi connectivity index (χ1) is 15.3. The van der Waals surface area contributed by atoms with Crippen molar-refractivity contribution in [3.63, 3.8) is 0 Å². The molecule has 1 saturated heterocycles. The van der Waals surface area contributed by atoms with Crippen molar-refractivity contribution in [2.75, 3.05) is 20.2 Å². The van der Waals surface area contributed by atoms with Crippen LogP contribution in [-0.4, -0.2) is 31.1 Å². The summed E-state index contributed by atoms with van der Waals surface area (Å²) in [4.78, 5) is 2.36. The molecule has 0 amide bonds. The molecule has 1 fully saturated rings. The van der Waals surface area contributed by atoms with Gasteiger partial charge < -0.3 is 13.3 Å². The quantitative estimate of drug-likeness (QED) is 0.306. The van der Waals surface area contributed by atoms with Crippen molar-refractivity contribution in [2.24, 2.45) is 0 Å². The molecule has 0 N–H and O–H groups in total. The minimum absolute atomic E-state index is 0.421. The van der Waals surface area contributed by atoms with Crippen LogP contribution in [0.1, 0.15) is 12.8 Å². The average Bonchev–Trinajstić information content (AvgIpc) is 3.13. The Morgan fingerprint density at radius 3 is 1.97 bits per heavy atom. The van der Waals surface area contributed by atoms with Gasteiger partial charge >= 0.3 is 8.24 Å². The van der Waals surface area contributed by atoms with Gasteiger partial charge in [-0.3, -0.25) is 4.52 Å². The number of rotatable bonds is 3. The number of likely N-dealkylation sites (N-methyl/N-ethyl adjacent to an activating group) is 1. The summed E-state index contributed by atoms with van der Waals surface area (Å²) < 4.78 is 19.0. The molecule has 5 heteroatoms. The van der Waals surface area contributed by atoms with Crippen molar-refractivity contribution in [1.82, 2.24) is 4.90 Å². The Morgan fingerprint density at radius 1 is 0.839 bits per heavy atom. The normalized spacial score (nSPS) is 17.3. The highest BCUT2D eigenvalue weighted by molar-refractivity contribution is 7.31. The molecule has 4 nitrogen and oxygen atoms in total. The predicted molar refractivity (Wildman–Crippen MR) is 128 cm³/mol. The lowest BCUT2D eigenvalue weighted by Gasteiger charge is -2.17. The van der Waals surface area contributed by atoms with Crippen LogP contribution in [0.4, 0.5) is 0 Å². The maximum atomic E-state index is 6.39. The van der Waals surface area contributed by atoms with Crippen LogP contribution in [0, 0.1) is 0 Å². The summed E-state index contributed by atoms with van der Waals surface area (Å²) in [6.07, 6.45) is 2.37. The van der Waals surface area contributed by atoms with E-state index in [0.717, 1.165) is 45.7 Å². The van der Waals surface area contributed by atoms with Crippen LogP contribution in [0.5, 0.6) is 0 Å². The van der Waals surface area contributed by atoms with Crippen molar-refractivity contribution in [3.05, 3.63) is 72.8 Å². The third-order valence-electron chi connectivity index (χ3n) is 6.42. The molecular weight excluding hydrogens is 405 g/mol. The van der Waals surface area contributed by atoms with E-state index < -0.39 is 8.24 Å². The first-order valence-corrected chi connectivity index (χ1v) is 11.9. The number of hydrogen-bond acceptors (Lipinski definition) is 4. The molecule has 1 aromatic heterocycles. The topological polar surface area (TPSA) is 38.8 Å². The zero-order valence-electron chi connectivity index (χ0n) is 17.5. The van der Waals surface area contributed by atoms with Gasteiger partial charge in [-0.1, -0.05) is 60.7 Å². The Kier molecular flexibility index (Phi) is 4.72. The summed E-state index contributed by atoms with van der Waals surface area (Å²) in [7, 11) is 0.614. The SMILES string of the molecule is CN1CCC[C@H]1COp1oc2ccc3ccccc3c2c2c(ccc3ccccc32)o1. The molecule has 1 aliphatic heterocycles. The molecule has 1 aliphatic rings. The second kappa shape index (κ2) is 7.72. The zero-order chi connectivity index (χ0) is 20.8. The minimum Gasteiger partial charge on any atom is -0.399 e. The van der Waals surface area contributed by atoms with Crippen molar-refractivity contribution >= 4 is 51.7 Å². The second-order valence-electron chi connectivity index (χ2n) is 8.30. The van der Waals surface area contributed by atoms with Gasteiger partial charge in [0, 0.05) is 16.8 Å². The van der Waals surface area contributed by atoms with Crippen LogP contribution in [-0.2, 0) is 0 Å². The average molecular weight is 429 g/mol. The summed E-state index contributed by atoms with van der Waals surface area (Å²) in [6, 6.07) is 25.6. The van der Waals surface area contributed by atoms with Crippen molar-refractivity contribution in [3.8, 4) is 0 Å². The zero-order valence-corrected chi connectivity index (χ0v) is 18.3. The lowest BCUT2D eigenvalue weighted by Crippen LogP contribution is -2.30. The Labute approximate surface area is 181 Å². The van der Waals surface area contributed by atoms with Crippen LogP contribution in [0.2, 0.25) is 0 Å². The van der Waals surface area contributed by atoms with Crippen molar-refractivity contribution in [1.29, 1.82) is 0 Å². The van der Waals surface area contributed by atoms with Gasteiger partial charge in [-0.2, -0.15) is 0 Å². The molecule has 0 unspecified atom stereocenters. The number of fused-ring (bicyclic) bond motifs is 7. The van der Waals surface area contributed by atoms with Gasteiger partial charge in [-0.05, 0) is 60.1 Å². The van der Waals surface area contributed by atoms with Crippen molar-refractivity contribution in [2.45, 2.75) is 18.9 Å². The Hall–Kier alpha value is -2.78. The van der Waals surface area contributed by atoms with E-state index in [1.165, 1.54) is 17.2 Å². The van der Waals surface area contributed by atoms with Crippen molar-refractivity contribution < 1.29 is 12.9 Å². The molecule has 0 saturated carbocycles. The van der Waals surface area contributed by atoms with Gasteiger partial charge in [-0.15, -0.1) is 0 Å². The molecule has 5 aromatic rings. The first kappa shape index (κ1) is 18.9. The van der Waals surface area contributed by atoms with Crippen LogP contribution < -0.4 is 4.52 Å². The smallest absolute Gasteiger partial charge is 0.387 e. The second-order valence-corrected chi connectivity index (χ2v) is 9.37. The predicted octanol–water partition coefficient (Wildman–Crippen LogP) is 7.12. The summed E-state index contributed by atoms with van der Waals surface area (Å²) in [5, 5.41) is 6.85. The summed E-state index contributed by atoms with van der Waals surface area (Å²) in [5.74, 6) is 0. The van der Waals surface area contributed by atoms with E-state index in [0.29, 0.717) is 12.6 Å². The van der Waals surface area contributed by atoms with Gasteiger partial charge in [0.25, 0.3) is 0 Å². The summed E-state index contributed by atoms with van der Waals surface area (Å²) in [6.45, 7) is 1.74. The van der Waals surface area contributed by atoms with Crippen LogP contribution >= 0.6 is 8.24 Å². The molecule has 0 bridgehead atoms. The van der Waals surface area contributed by atoms with Gasteiger partial charge in [0.15, 0.2) is 0 Å². The maximum absolute atomic E-state index is 6.39.